The molecule has 0 saturated heterocycles. The largest absolute Gasteiger partial charge is 0.417 e. The minimum atomic E-state index is -4.47. The van der Waals surface area contributed by atoms with Crippen LogP contribution in [0.15, 0.2) is 41.0 Å². The van der Waals surface area contributed by atoms with E-state index in [4.69, 9.17) is 0 Å². The zero-order chi connectivity index (χ0) is 15.6. The zero-order valence-electron chi connectivity index (χ0n) is 10.5. The molecular weight excluding hydrogens is 354 g/mol. The number of nitrogens with zero attached hydrogens (tertiary/aromatic N) is 1. The Morgan fingerprint density at radius 3 is 2.48 bits per heavy atom. The first-order valence-electron chi connectivity index (χ1n) is 5.93. The van der Waals surface area contributed by atoms with Gasteiger partial charge in [-0.1, -0.05) is 12.1 Å². The molecule has 2 nitrogen and oxygen atoms in total. The first-order valence-corrected chi connectivity index (χ1v) is 6.72. The van der Waals surface area contributed by atoms with Crippen molar-refractivity contribution in [3.63, 3.8) is 0 Å². The van der Waals surface area contributed by atoms with Crippen LogP contribution in [0.4, 0.5) is 17.6 Å². The summed E-state index contributed by atoms with van der Waals surface area (Å²) < 4.78 is 50.8. The van der Waals surface area contributed by atoms with Gasteiger partial charge in [0.05, 0.1) is 21.8 Å². The van der Waals surface area contributed by atoms with Gasteiger partial charge < -0.3 is 5.11 Å². The molecule has 1 aromatic heterocycles. The molecule has 112 valence electrons. The number of rotatable bonds is 3. The smallest absolute Gasteiger partial charge is 0.386 e. The molecule has 2 aromatic rings. The van der Waals surface area contributed by atoms with Gasteiger partial charge in [-0.3, -0.25) is 4.98 Å². The highest BCUT2D eigenvalue weighted by molar-refractivity contribution is 9.10. The Bertz CT molecular complexity index is 628. The fourth-order valence-electron chi connectivity index (χ4n) is 1.79. The molecule has 0 aliphatic heterocycles. The van der Waals surface area contributed by atoms with Crippen molar-refractivity contribution in [2.45, 2.75) is 18.7 Å². The average molecular weight is 364 g/mol. The van der Waals surface area contributed by atoms with Crippen LogP contribution in [0, 0.1) is 5.82 Å². The minimum Gasteiger partial charge on any atom is -0.386 e. The molecule has 0 spiro atoms. The van der Waals surface area contributed by atoms with Crippen LogP contribution in [0.1, 0.15) is 22.9 Å². The topological polar surface area (TPSA) is 33.1 Å². The summed E-state index contributed by atoms with van der Waals surface area (Å²) in [5, 5.41) is 10.00. The number of aliphatic hydroxyl groups is 1. The summed E-state index contributed by atoms with van der Waals surface area (Å²) in [6.45, 7) is 0. The van der Waals surface area contributed by atoms with Crippen LogP contribution in [0.25, 0.3) is 0 Å². The van der Waals surface area contributed by atoms with Gasteiger partial charge in [-0.15, -0.1) is 0 Å². The second-order valence-electron chi connectivity index (χ2n) is 4.40. The molecule has 0 amide bonds. The highest BCUT2D eigenvalue weighted by atomic mass is 79.9. The molecule has 7 heteroatoms. The summed E-state index contributed by atoms with van der Waals surface area (Å²) in [4.78, 5) is 3.61. The molecular formula is C14H10BrF4NO. The number of aromatic nitrogens is 1. The summed E-state index contributed by atoms with van der Waals surface area (Å²) in [7, 11) is 0. The van der Waals surface area contributed by atoms with E-state index in [9.17, 15) is 22.7 Å². The van der Waals surface area contributed by atoms with Crippen LogP contribution in [0.3, 0.4) is 0 Å². The van der Waals surface area contributed by atoms with Gasteiger partial charge in [-0.05, 0) is 39.7 Å². The minimum absolute atomic E-state index is 0.0384. The van der Waals surface area contributed by atoms with E-state index in [1.54, 1.807) is 6.07 Å². The number of alkyl halides is 3. The molecule has 1 atom stereocenters. The molecule has 0 fully saturated rings. The predicted octanol–water partition coefficient (Wildman–Crippen LogP) is 4.28. The second-order valence-corrected chi connectivity index (χ2v) is 5.20. The van der Waals surface area contributed by atoms with Crippen LogP contribution in [-0.2, 0) is 12.6 Å². The van der Waals surface area contributed by atoms with E-state index >= 15 is 0 Å². The van der Waals surface area contributed by atoms with Crippen molar-refractivity contribution in [3.8, 4) is 0 Å². The van der Waals surface area contributed by atoms with E-state index in [1.807, 2.05) is 0 Å². The maximum atomic E-state index is 13.3. The summed E-state index contributed by atoms with van der Waals surface area (Å²) in [6.07, 6.45) is -4.89. The number of halogens is 5. The highest BCUT2D eigenvalue weighted by Crippen LogP contribution is 2.30. The van der Waals surface area contributed by atoms with Crippen LogP contribution >= 0.6 is 15.9 Å². The van der Waals surface area contributed by atoms with Crippen LogP contribution in [0.5, 0.6) is 0 Å². The van der Waals surface area contributed by atoms with Crippen molar-refractivity contribution in [2.24, 2.45) is 0 Å². The number of pyridine rings is 1. The van der Waals surface area contributed by atoms with E-state index in [2.05, 4.69) is 20.9 Å². The Labute approximate surface area is 126 Å². The van der Waals surface area contributed by atoms with Gasteiger partial charge >= 0.3 is 6.18 Å². The number of aliphatic hydroxyl groups excluding tert-OH is 1. The van der Waals surface area contributed by atoms with Crippen molar-refractivity contribution in [1.29, 1.82) is 0 Å². The summed E-state index contributed by atoms with van der Waals surface area (Å²) in [5.41, 5.74) is -0.284. The van der Waals surface area contributed by atoms with Gasteiger partial charge in [0.25, 0.3) is 0 Å². The molecule has 0 aliphatic rings. The van der Waals surface area contributed by atoms with Crippen molar-refractivity contribution < 1.29 is 22.7 Å². The third-order valence-electron chi connectivity index (χ3n) is 2.90. The first kappa shape index (κ1) is 15.9. The van der Waals surface area contributed by atoms with Crippen molar-refractivity contribution in [2.75, 3.05) is 0 Å². The van der Waals surface area contributed by atoms with Crippen LogP contribution in [-0.4, -0.2) is 10.1 Å². The lowest BCUT2D eigenvalue weighted by Gasteiger charge is -2.13. The second kappa shape index (κ2) is 6.11. The lowest BCUT2D eigenvalue weighted by atomic mass is 10.0. The molecule has 0 saturated carbocycles. The zero-order valence-corrected chi connectivity index (χ0v) is 12.1. The van der Waals surface area contributed by atoms with E-state index in [0.29, 0.717) is 11.8 Å². The quantitative estimate of drug-likeness (QED) is 0.825. The summed E-state index contributed by atoms with van der Waals surface area (Å²) in [6, 6.07) is 6.33. The first-order chi connectivity index (χ1) is 9.79. The SMILES string of the molecule is OC(Cc1cccc(F)c1Br)c1ccc(C(F)(F)F)cn1. The maximum Gasteiger partial charge on any atom is 0.417 e. The monoisotopic (exact) mass is 363 g/mol. The van der Waals surface area contributed by atoms with Crippen LogP contribution < -0.4 is 0 Å². The molecule has 1 N–H and O–H groups in total. The van der Waals surface area contributed by atoms with Crippen molar-refractivity contribution in [1.82, 2.24) is 4.98 Å². The number of benzene rings is 1. The lowest BCUT2D eigenvalue weighted by Crippen LogP contribution is -2.09. The Morgan fingerprint density at radius 2 is 1.90 bits per heavy atom. The molecule has 21 heavy (non-hydrogen) atoms. The molecule has 1 unspecified atom stereocenters. The summed E-state index contributed by atoms with van der Waals surface area (Å²) >= 11 is 3.06. The van der Waals surface area contributed by atoms with E-state index < -0.39 is 23.7 Å². The molecule has 0 radical (unpaired) electrons. The third-order valence-corrected chi connectivity index (χ3v) is 3.79. The number of hydrogen-bond acceptors (Lipinski definition) is 2. The van der Waals surface area contributed by atoms with E-state index in [1.165, 1.54) is 12.1 Å². The molecule has 0 bridgehead atoms. The molecule has 0 aliphatic carbocycles. The normalized spacial score (nSPS) is 13.2. The maximum absolute atomic E-state index is 13.3. The number of hydrogen-bond donors (Lipinski definition) is 1. The average Bonchev–Trinajstić information content (AvgIpc) is 2.43. The van der Waals surface area contributed by atoms with Gasteiger partial charge in [0, 0.05) is 12.6 Å². The highest BCUT2D eigenvalue weighted by Gasteiger charge is 2.30. The standard InChI is InChI=1S/C14H10BrF4NO/c15-13-8(2-1-3-10(13)16)6-12(21)11-5-4-9(7-20-11)14(17,18)19/h1-5,7,12,21H,6H2. The fraction of sp³-hybridized carbons (Fsp3) is 0.214. The van der Waals surface area contributed by atoms with Gasteiger partial charge in [0.2, 0.25) is 0 Å². The predicted molar refractivity (Wildman–Crippen MR) is 72.0 cm³/mol. The van der Waals surface area contributed by atoms with E-state index in [-0.39, 0.29) is 16.6 Å². The molecule has 1 aromatic carbocycles. The van der Waals surface area contributed by atoms with Gasteiger partial charge in [-0.2, -0.15) is 13.2 Å². The Balaban J connectivity index is 2.17. The molecule has 1 heterocycles. The Hall–Kier alpha value is -1.47. The Kier molecular flexibility index (Phi) is 4.63. The Morgan fingerprint density at radius 1 is 1.19 bits per heavy atom. The van der Waals surface area contributed by atoms with E-state index in [0.717, 1.165) is 12.1 Å². The van der Waals surface area contributed by atoms with Crippen LogP contribution in [0.2, 0.25) is 0 Å². The third kappa shape index (κ3) is 3.79. The van der Waals surface area contributed by atoms with Gasteiger partial charge in [0.15, 0.2) is 0 Å². The van der Waals surface area contributed by atoms with Crippen molar-refractivity contribution >= 4 is 15.9 Å². The van der Waals surface area contributed by atoms with Gasteiger partial charge in [-0.25, -0.2) is 4.39 Å². The fourth-order valence-corrected chi connectivity index (χ4v) is 2.22. The summed E-state index contributed by atoms with van der Waals surface area (Å²) in [5.74, 6) is -0.472. The lowest BCUT2D eigenvalue weighted by molar-refractivity contribution is -0.137. The van der Waals surface area contributed by atoms with Gasteiger partial charge in [0.1, 0.15) is 5.82 Å². The molecule has 2 rings (SSSR count). The van der Waals surface area contributed by atoms with Crippen molar-refractivity contribution in [3.05, 3.63) is 63.6 Å².